The summed E-state index contributed by atoms with van der Waals surface area (Å²) < 4.78 is 27.6. The van der Waals surface area contributed by atoms with E-state index in [1.54, 1.807) is 25.1 Å². The Kier molecular flexibility index (Phi) is 4.52. The van der Waals surface area contributed by atoms with Crippen molar-refractivity contribution < 1.29 is 13.6 Å². The second-order valence-electron chi connectivity index (χ2n) is 6.80. The first-order valence-electron chi connectivity index (χ1n) is 8.21. The van der Waals surface area contributed by atoms with E-state index in [4.69, 9.17) is 10.7 Å². The van der Waals surface area contributed by atoms with Crippen molar-refractivity contribution in [2.45, 2.75) is 31.2 Å². The molecule has 3 rings (SSSR count). The van der Waals surface area contributed by atoms with Crippen molar-refractivity contribution in [2.75, 3.05) is 7.05 Å². The van der Waals surface area contributed by atoms with Gasteiger partial charge in [-0.25, -0.2) is 8.78 Å². The van der Waals surface area contributed by atoms with Crippen LogP contribution >= 0.6 is 11.3 Å². The monoisotopic (exact) mass is 388 g/mol. The van der Waals surface area contributed by atoms with Crippen LogP contribution in [-0.4, -0.2) is 23.8 Å². The molecule has 0 aliphatic carbocycles. The minimum atomic E-state index is -3.03. The van der Waals surface area contributed by atoms with E-state index in [0.29, 0.717) is 15.3 Å². The van der Waals surface area contributed by atoms with Crippen molar-refractivity contribution in [3.8, 4) is 6.07 Å². The molecule has 0 radical (unpaired) electrons. The molecule has 2 N–H and O–H groups in total. The maximum absolute atomic E-state index is 13.8. The highest BCUT2D eigenvalue weighted by Crippen LogP contribution is 2.44. The van der Waals surface area contributed by atoms with Crippen molar-refractivity contribution in [2.24, 2.45) is 0 Å². The summed E-state index contributed by atoms with van der Waals surface area (Å²) in [5.74, 6) is -4.32. The average Bonchev–Trinajstić information content (AvgIpc) is 3.09. The number of amides is 1. The van der Waals surface area contributed by atoms with Crippen LogP contribution in [0.5, 0.6) is 0 Å². The number of hydrogen-bond acceptors (Lipinski definition) is 4. The SMILES string of the molecule is CN1C(=N)N[C@](C)(c2ccc(C#N)s2)[C@@H](c2cccc(C(C)(F)F)c2)C1=O. The summed E-state index contributed by atoms with van der Waals surface area (Å²) in [6, 6.07) is 11.2. The van der Waals surface area contributed by atoms with E-state index < -0.39 is 17.4 Å². The van der Waals surface area contributed by atoms with Crippen LogP contribution in [0.3, 0.4) is 0 Å². The number of hydrogen-bond donors (Lipinski definition) is 2. The molecule has 1 amide bonds. The maximum atomic E-state index is 13.8. The van der Waals surface area contributed by atoms with E-state index in [2.05, 4.69) is 11.4 Å². The minimum Gasteiger partial charge on any atom is -0.345 e. The molecule has 1 saturated heterocycles. The van der Waals surface area contributed by atoms with Crippen LogP contribution in [0.4, 0.5) is 8.78 Å². The van der Waals surface area contributed by atoms with E-state index >= 15 is 0 Å². The standard InChI is InChI=1S/C19H18F2N4OS/c1-18(14-8-7-13(10-22)27-14)15(16(26)25(3)17(23)24-18)11-5-4-6-12(9-11)19(2,20)21/h4-9,15H,1-3H3,(H2,23,24)/t15-,18+/m0/s1. The largest absolute Gasteiger partial charge is 0.345 e. The Hall–Kier alpha value is -2.79. The fourth-order valence-electron chi connectivity index (χ4n) is 3.30. The summed E-state index contributed by atoms with van der Waals surface area (Å²) >= 11 is 1.21. The number of carbonyl (C=O) groups is 1. The molecule has 0 bridgehead atoms. The third kappa shape index (κ3) is 3.19. The molecule has 5 nitrogen and oxygen atoms in total. The predicted octanol–water partition coefficient (Wildman–Crippen LogP) is 3.73. The van der Waals surface area contributed by atoms with Crippen molar-refractivity contribution in [3.63, 3.8) is 0 Å². The second kappa shape index (κ2) is 6.43. The average molecular weight is 388 g/mol. The van der Waals surface area contributed by atoms with Gasteiger partial charge in [0, 0.05) is 24.4 Å². The lowest BCUT2D eigenvalue weighted by Crippen LogP contribution is -2.62. The topological polar surface area (TPSA) is 80.0 Å². The lowest BCUT2D eigenvalue weighted by molar-refractivity contribution is -0.131. The Bertz CT molecular complexity index is 959. The third-order valence-corrected chi connectivity index (χ3v) is 6.05. The Balaban J connectivity index is 2.18. The van der Waals surface area contributed by atoms with Crippen LogP contribution in [0, 0.1) is 16.7 Å². The molecule has 1 fully saturated rings. The van der Waals surface area contributed by atoms with Gasteiger partial charge in [0.05, 0.1) is 11.5 Å². The van der Waals surface area contributed by atoms with E-state index in [-0.39, 0.29) is 17.4 Å². The van der Waals surface area contributed by atoms with Gasteiger partial charge in [0.2, 0.25) is 5.91 Å². The molecule has 0 unspecified atom stereocenters. The van der Waals surface area contributed by atoms with Gasteiger partial charge in [-0.15, -0.1) is 11.3 Å². The number of benzene rings is 1. The highest BCUT2D eigenvalue weighted by molar-refractivity contribution is 7.12. The molecule has 1 aromatic heterocycles. The van der Waals surface area contributed by atoms with Crippen LogP contribution in [0.25, 0.3) is 0 Å². The molecule has 2 aromatic rings. The number of nitrogens with zero attached hydrogens (tertiary/aromatic N) is 2. The van der Waals surface area contributed by atoms with E-state index in [1.807, 2.05) is 0 Å². The van der Waals surface area contributed by atoms with Gasteiger partial charge in [-0.1, -0.05) is 18.2 Å². The number of nitriles is 1. The lowest BCUT2D eigenvalue weighted by atomic mass is 9.76. The maximum Gasteiger partial charge on any atom is 0.270 e. The molecule has 1 aliphatic rings. The molecule has 1 aliphatic heterocycles. The number of nitrogens with one attached hydrogen (secondary N) is 2. The number of halogens is 2. The predicted molar refractivity (Wildman–Crippen MR) is 98.8 cm³/mol. The van der Waals surface area contributed by atoms with E-state index in [1.165, 1.54) is 41.5 Å². The Morgan fingerprint density at radius 1 is 1.37 bits per heavy atom. The molecular weight excluding hydrogens is 370 g/mol. The minimum absolute atomic E-state index is 0.0809. The second-order valence-corrected chi connectivity index (χ2v) is 7.88. The molecule has 0 spiro atoms. The first-order valence-corrected chi connectivity index (χ1v) is 9.02. The number of guanidine groups is 1. The number of carbonyl (C=O) groups excluding carboxylic acids is 1. The fraction of sp³-hybridized carbons (Fsp3) is 0.316. The normalized spacial score (nSPS) is 23.1. The zero-order chi connectivity index (χ0) is 20.0. The molecular formula is C19H18F2N4OS. The van der Waals surface area contributed by atoms with Crippen molar-refractivity contribution >= 4 is 23.2 Å². The van der Waals surface area contributed by atoms with Gasteiger partial charge in [0.15, 0.2) is 5.96 Å². The van der Waals surface area contributed by atoms with Crippen molar-refractivity contribution in [1.29, 1.82) is 10.7 Å². The van der Waals surface area contributed by atoms with Crippen molar-refractivity contribution in [3.05, 3.63) is 57.3 Å². The van der Waals surface area contributed by atoms with Crippen LogP contribution < -0.4 is 5.32 Å². The zero-order valence-electron chi connectivity index (χ0n) is 15.0. The summed E-state index contributed by atoms with van der Waals surface area (Å²) in [5, 5.41) is 20.3. The van der Waals surface area contributed by atoms with Gasteiger partial charge in [-0.05, 0) is 30.7 Å². The Morgan fingerprint density at radius 2 is 2.07 bits per heavy atom. The van der Waals surface area contributed by atoms with Gasteiger partial charge in [-0.3, -0.25) is 15.1 Å². The number of rotatable bonds is 3. The van der Waals surface area contributed by atoms with Gasteiger partial charge in [-0.2, -0.15) is 5.26 Å². The van der Waals surface area contributed by atoms with Crippen molar-refractivity contribution in [1.82, 2.24) is 10.2 Å². The molecule has 2 atom stereocenters. The first kappa shape index (κ1) is 19.0. The quantitative estimate of drug-likeness (QED) is 0.841. The zero-order valence-corrected chi connectivity index (χ0v) is 15.8. The number of alkyl halides is 2. The van der Waals surface area contributed by atoms with E-state index in [9.17, 15) is 13.6 Å². The van der Waals surface area contributed by atoms with Crippen LogP contribution in [0.2, 0.25) is 0 Å². The van der Waals surface area contributed by atoms with Crippen LogP contribution in [-0.2, 0) is 16.3 Å². The fourth-order valence-corrected chi connectivity index (χ4v) is 4.24. The summed E-state index contributed by atoms with van der Waals surface area (Å²) in [7, 11) is 1.47. The number of likely N-dealkylation sites (N-methyl/N-ethyl adjacent to an activating group) is 1. The highest BCUT2D eigenvalue weighted by Gasteiger charge is 2.49. The van der Waals surface area contributed by atoms with Gasteiger partial charge < -0.3 is 5.32 Å². The Labute approximate surface area is 159 Å². The van der Waals surface area contributed by atoms with Crippen LogP contribution in [0.1, 0.15) is 40.6 Å². The highest BCUT2D eigenvalue weighted by atomic mass is 32.1. The lowest BCUT2D eigenvalue weighted by Gasteiger charge is -2.45. The summed E-state index contributed by atoms with van der Waals surface area (Å²) in [4.78, 5) is 15.4. The molecule has 2 heterocycles. The molecule has 27 heavy (non-hydrogen) atoms. The smallest absolute Gasteiger partial charge is 0.270 e. The van der Waals surface area contributed by atoms with Gasteiger partial charge >= 0.3 is 0 Å². The molecule has 1 aromatic carbocycles. The summed E-state index contributed by atoms with van der Waals surface area (Å²) in [6.07, 6.45) is 0. The molecule has 0 saturated carbocycles. The van der Waals surface area contributed by atoms with Crippen LogP contribution in [0.15, 0.2) is 36.4 Å². The molecule has 8 heteroatoms. The molecule has 140 valence electrons. The Morgan fingerprint density at radius 3 is 2.67 bits per heavy atom. The van der Waals surface area contributed by atoms with Gasteiger partial charge in [0.1, 0.15) is 10.9 Å². The first-order chi connectivity index (χ1) is 12.6. The summed E-state index contributed by atoms with van der Waals surface area (Å²) in [6.45, 7) is 2.56. The summed E-state index contributed by atoms with van der Waals surface area (Å²) in [5.41, 5.74) is -0.787. The number of thiophene rings is 1. The van der Waals surface area contributed by atoms with E-state index in [0.717, 1.165) is 6.92 Å². The third-order valence-electron chi connectivity index (χ3n) is 4.82. The van der Waals surface area contributed by atoms with Gasteiger partial charge in [0.25, 0.3) is 5.92 Å².